The predicted octanol–water partition coefficient (Wildman–Crippen LogP) is 5.79. The zero-order valence-corrected chi connectivity index (χ0v) is 17.9. The standard InChI is InChI=1S/C27H31NO2/c1-3-28(4-2)20-21-30-26-17-13-24(14-18-26)27(23-11-15-25(29)16-12-23)19-10-22-8-6-5-7-9-22/h5-9,11-19,29H,3-4,10,20-21H2,1-2H3/b27-19+. The second-order valence-electron chi connectivity index (χ2n) is 7.25. The molecule has 156 valence electrons. The molecular formula is C27H31NO2. The Kier molecular flexibility index (Phi) is 8.10. The fourth-order valence-electron chi connectivity index (χ4n) is 3.44. The Hall–Kier alpha value is -3.04. The van der Waals surface area contributed by atoms with Gasteiger partial charge in [-0.05, 0) is 66.0 Å². The molecule has 0 bridgehead atoms. The van der Waals surface area contributed by atoms with E-state index in [4.69, 9.17) is 4.74 Å². The number of likely N-dealkylation sites (N-methyl/N-ethyl adjacent to an activating group) is 1. The Morgan fingerprint density at radius 1 is 0.833 bits per heavy atom. The molecule has 0 amide bonds. The van der Waals surface area contributed by atoms with Crippen molar-refractivity contribution in [2.24, 2.45) is 0 Å². The molecule has 0 radical (unpaired) electrons. The highest BCUT2D eigenvalue weighted by Gasteiger charge is 2.07. The quantitative estimate of drug-likeness (QED) is 0.467. The summed E-state index contributed by atoms with van der Waals surface area (Å²) >= 11 is 0. The van der Waals surface area contributed by atoms with Gasteiger partial charge in [-0.25, -0.2) is 0 Å². The third-order valence-corrected chi connectivity index (χ3v) is 5.30. The van der Waals surface area contributed by atoms with E-state index >= 15 is 0 Å². The molecule has 0 saturated carbocycles. The van der Waals surface area contributed by atoms with Crippen molar-refractivity contribution < 1.29 is 9.84 Å². The maximum absolute atomic E-state index is 9.67. The van der Waals surface area contributed by atoms with Crippen LogP contribution < -0.4 is 4.74 Å². The van der Waals surface area contributed by atoms with Crippen molar-refractivity contribution in [2.75, 3.05) is 26.2 Å². The smallest absolute Gasteiger partial charge is 0.119 e. The van der Waals surface area contributed by atoms with E-state index in [1.807, 2.05) is 30.3 Å². The SMILES string of the molecule is CCN(CC)CCOc1ccc(/C(=C/Cc2ccccc2)c2ccc(O)cc2)cc1. The Morgan fingerprint density at radius 3 is 2.03 bits per heavy atom. The van der Waals surface area contributed by atoms with E-state index in [1.54, 1.807) is 12.1 Å². The Bertz CT molecular complexity index is 911. The van der Waals surface area contributed by atoms with E-state index in [0.717, 1.165) is 48.5 Å². The first-order valence-corrected chi connectivity index (χ1v) is 10.7. The maximum Gasteiger partial charge on any atom is 0.119 e. The second kappa shape index (κ2) is 11.2. The average molecular weight is 402 g/mol. The molecule has 0 saturated heterocycles. The van der Waals surface area contributed by atoms with E-state index in [9.17, 15) is 5.11 Å². The Labute approximate surface area is 180 Å². The number of ether oxygens (including phenoxy) is 1. The number of hydrogen-bond acceptors (Lipinski definition) is 3. The molecule has 3 heteroatoms. The third kappa shape index (κ3) is 6.23. The van der Waals surface area contributed by atoms with Crippen LogP contribution in [0.1, 0.15) is 30.5 Å². The molecule has 0 aliphatic rings. The van der Waals surface area contributed by atoms with E-state index < -0.39 is 0 Å². The largest absolute Gasteiger partial charge is 0.508 e. The van der Waals surface area contributed by atoms with Gasteiger partial charge in [0.15, 0.2) is 0 Å². The van der Waals surface area contributed by atoms with Crippen LogP contribution in [0.5, 0.6) is 11.5 Å². The van der Waals surface area contributed by atoms with Gasteiger partial charge in [0.2, 0.25) is 0 Å². The second-order valence-corrected chi connectivity index (χ2v) is 7.25. The van der Waals surface area contributed by atoms with Crippen LogP contribution in [-0.4, -0.2) is 36.2 Å². The molecule has 3 aromatic carbocycles. The van der Waals surface area contributed by atoms with E-state index in [2.05, 4.69) is 61.2 Å². The summed E-state index contributed by atoms with van der Waals surface area (Å²) in [5.41, 5.74) is 4.63. The van der Waals surface area contributed by atoms with Gasteiger partial charge in [-0.1, -0.05) is 74.5 Å². The van der Waals surface area contributed by atoms with Gasteiger partial charge >= 0.3 is 0 Å². The van der Waals surface area contributed by atoms with Crippen LogP contribution in [0.2, 0.25) is 0 Å². The molecule has 0 heterocycles. The lowest BCUT2D eigenvalue weighted by atomic mass is 9.95. The van der Waals surface area contributed by atoms with Gasteiger partial charge in [-0.15, -0.1) is 0 Å². The minimum atomic E-state index is 0.276. The molecule has 0 aliphatic carbocycles. The minimum absolute atomic E-state index is 0.276. The van der Waals surface area contributed by atoms with Gasteiger partial charge < -0.3 is 14.7 Å². The van der Waals surface area contributed by atoms with Gasteiger partial charge in [0.25, 0.3) is 0 Å². The summed E-state index contributed by atoms with van der Waals surface area (Å²) in [6, 6.07) is 26.1. The fourth-order valence-corrected chi connectivity index (χ4v) is 3.44. The first-order valence-electron chi connectivity index (χ1n) is 10.7. The maximum atomic E-state index is 9.67. The summed E-state index contributed by atoms with van der Waals surface area (Å²) in [4.78, 5) is 2.35. The molecule has 3 aromatic rings. The highest BCUT2D eigenvalue weighted by atomic mass is 16.5. The molecule has 0 atom stereocenters. The molecular weight excluding hydrogens is 370 g/mol. The van der Waals surface area contributed by atoms with Crippen LogP contribution in [0.15, 0.2) is 84.9 Å². The summed E-state index contributed by atoms with van der Waals surface area (Å²) in [7, 11) is 0. The fraction of sp³-hybridized carbons (Fsp3) is 0.259. The number of phenols is 1. The van der Waals surface area contributed by atoms with Gasteiger partial charge in [0, 0.05) is 6.54 Å². The summed E-state index contributed by atoms with van der Waals surface area (Å²) in [5.74, 6) is 1.16. The van der Waals surface area contributed by atoms with Gasteiger partial charge in [0.1, 0.15) is 18.1 Å². The number of hydrogen-bond donors (Lipinski definition) is 1. The molecule has 3 rings (SSSR count). The first kappa shape index (κ1) is 21.7. The number of aromatic hydroxyl groups is 1. The van der Waals surface area contributed by atoms with Crippen LogP contribution in [0, 0.1) is 0 Å². The van der Waals surface area contributed by atoms with Crippen molar-refractivity contribution in [1.29, 1.82) is 0 Å². The van der Waals surface area contributed by atoms with Crippen molar-refractivity contribution >= 4 is 5.57 Å². The Balaban J connectivity index is 1.76. The van der Waals surface area contributed by atoms with Gasteiger partial charge in [-0.2, -0.15) is 0 Å². The van der Waals surface area contributed by atoms with Crippen molar-refractivity contribution in [1.82, 2.24) is 4.90 Å². The molecule has 0 aliphatic heterocycles. The highest BCUT2D eigenvalue weighted by molar-refractivity contribution is 5.80. The number of allylic oxidation sites excluding steroid dienone is 1. The molecule has 0 aromatic heterocycles. The first-order chi connectivity index (χ1) is 14.7. The zero-order chi connectivity index (χ0) is 21.2. The van der Waals surface area contributed by atoms with Crippen molar-refractivity contribution in [3.63, 3.8) is 0 Å². The molecule has 0 spiro atoms. The summed E-state index contributed by atoms with van der Waals surface area (Å²) in [6.07, 6.45) is 3.09. The normalized spacial score (nSPS) is 11.6. The van der Waals surface area contributed by atoms with Crippen molar-refractivity contribution in [3.05, 3.63) is 102 Å². The van der Waals surface area contributed by atoms with Gasteiger partial charge in [0.05, 0.1) is 0 Å². The lowest BCUT2D eigenvalue weighted by Crippen LogP contribution is -2.27. The predicted molar refractivity (Wildman–Crippen MR) is 125 cm³/mol. The van der Waals surface area contributed by atoms with Crippen molar-refractivity contribution in [2.45, 2.75) is 20.3 Å². The van der Waals surface area contributed by atoms with Crippen LogP contribution in [0.4, 0.5) is 0 Å². The lowest BCUT2D eigenvalue weighted by Gasteiger charge is -2.18. The summed E-state index contributed by atoms with van der Waals surface area (Å²) in [6.45, 7) is 8.05. The van der Waals surface area contributed by atoms with Crippen LogP contribution in [-0.2, 0) is 6.42 Å². The average Bonchev–Trinajstić information content (AvgIpc) is 2.79. The Morgan fingerprint density at radius 2 is 1.43 bits per heavy atom. The number of rotatable bonds is 10. The highest BCUT2D eigenvalue weighted by Crippen LogP contribution is 2.27. The van der Waals surface area contributed by atoms with Crippen LogP contribution in [0.3, 0.4) is 0 Å². The van der Waals surface area contributed by atoms with Crippen LogP contribution >= 0.6 is 0 Å². The summed E-state index contributed by atoms with van der Waals surface area (Å²) < 4.78 is 5.93. The number of benzene rings is 3. The molecule has 1 N–H and O–H groups in total. The molecule has 30 heavy (non-hydrogen) atoms. The summed E-state index contributed by atoms with van der Waals surface area (Å²) in [5, 5.41) is 9.67. The van der Waals surface area contributed by atoms with Crippen molar-refractivity contribution in [3.8, 4) is 11.5 Å². The topological polar surface area (TPSA) is 32.7 Å². The molecule has 0 fully saturated rings. The molecule has 0 unspecified atom stereocenters. The third-order valence-electron chi connectivity index (χ3n) is 5.30. The zero-order valence-electron chi connectivity index (χ0n) is 17.9. The van der Waals surface area contributed by atoms with Gasteiger partial charge in [-0.3, -0.25) is 0 Å². The van der Waals surface area contributed by atoms with E-state index in [-0.39, 0.29) is 5.75 Å². The van der Waals surface area contributed by atoms with Crippen LogP contribution in [0.25, 0.3) is 5.57 Å². The van der Waals surface area contributed by atoms with E-state index in [0.29, 0.717) is 6.61 Å². The monoisotopic (exact) mass is 401 g/mol. The molecule has 3 nitrogen and oxygen atoms in total. The number of phenolic OH excluding ortho intramolecular Hbond substituents is 1. The lowest BCUT2D eigenvalue weighted by molar-refractivity contribution is 0.223. The minimum Gasteiger partial charge on any atom is -0.508 e. The van der Waals surface area contributed by atoms with E-state index in [1.165, 1.54) is 5.56 Å². The number of nitrogens with zero attached hydrogens (tertiary/aromatic N) is 1.